The fraction of sp³-hybridized carbons (Fsp3) is 0.500. The number of aliphatic hydroxyl groups is 1. The van der Waals surface area contributed by atoms with Crippen molar-refractivity contribution in [2.75, 3.05) is 6.61 Å². The van der Waals surface area contributed by atoms with Gasteiger partial charge >= 0.3 is 0 Å². The Bertz CT molecular complexity index is 606. The maximum absolute atomic E-state index is 12.0. The Hall–Kier alpha value is -1.81. The predicted octanol–water partition coefficient (Wildman–Crippen LogP) is 3.01. The largest absolute Gasteiger partial charge is 0.394 e. The molecule has 0 bridgehead atoms. The Kier molecular flexibility index (Phi) is 6.01. The molecule has 0 aliphatic heterocycles. The van der Waals surface area contributed by atoms with E-state index in [0.29, 0.717) is 12.3 Å². The summed E-state index contributed by atoms with van der Waals surface area (Å²) in [6.45, 7) is 4.12. The molecule has 0 unspecified atom stereocenters. The third-order valence-corrected chi connectivity index (χ3v) is 4.40. The lowest BCUT2D eigenvalue weighted by Crippen LogP contribution is -2.41. The molecule has 2 aromatic rings. The molecule has 0 aliphatic carbocycles. The van der Waals surface area contributed by atoms with Gasteiger partial charge in [-0.25, -0.2) is 0 Å². The molecular weight excluding hydrogens is 276 g/mol. The first kappa shape index (κ1) is 16.6. The van der Waals surface area contributed by atoms with Gasteiger partial charge in [0.05, 0.1) is 12.6 Å². The average Bonchev–Trinajstić information content (AvgIpc) is 2.95. The summed E-state index contributed by atoms with van der Waals surface area (Å²) in [4.78, 5) is 15.3. The van der Waals surface area contributed by atoms with Gasteiger partial charge in [-0.05, 0) is 30.4 Å². The topological polar surface area (TPSA) is 65.1 Å². The van der Waals surface area contributed by atoms with Crippen LogP contribution >= 0.6 is 0 Å². The minimum absolute atomic E-state index is 0.00317. The van der Waals surface area contributed by atoms with Crippen molar-refractivity contribution in [1.29, 1.82) is 0 Å². The molecule has 4 heteroatoms. The summed E-state index contributed by atoms with van der Waals surface area (Å²) in [6.07, 6.45) is 5.16. The number of hydrogen-bond donors (Lipinski definition) is 3. The Morgan fingerprint density at radius 2 is 2.14 bits per heavy atom. The van der Waals surface area contributed by atoms with Crippen molar-refractivity contribution < 1.29 is 9.90 Å². The second-order valence-electron chi connectivity index (χ2n) is 5.96. The average molecular weight is 302 g/mol. The molecule has 22 heavy (non-hydrogen) atoms. The van der Waals surface area contributed by atoms with Crippen LogP contribution in [0.15, 0.2) is 30.5 Å². The quantitative estimate of drug-likeness (QED) is 0.702. The molecule has 0 aliphatic rings. The number of aliphatic hydroxyl groups excluding tert-OH is 1. The van der Waals surface area contributed by atoms with Crippen LogP contribution < -0.4 is 5.32 Å². The van der Waals surface area contributed by atoms with E-state index in [-0.39, 0.29) is 18.6 Å². The lowest BCUT2D eigenvalue weighted by atomic mass is 9.99. The highest BCUT2D eigenvalue weighted by atomic mass is 16.3. The van der Waals surface area contributed by atoms with E-state index >= 15 is 0 Å². The van der Waals surface area contributed by atoms with Gasteiger partial charge in [-0.2, -0.15) is 0 Å². The highest BCUT2D eigenvalue weighted by Crippen LogP contribution is 2.19. The summed E-state index contributed by atoms with van der Waals surface area (Å²) in [5.41, 5.74) is 2.39. The normalized spacial score (nSPS) is 14.0. The van der Waals surface area contributed by atoms with E-state index in [0.717, 1.165) is 24.8 Å². The summed E-state index contributed by atoms with van der Waals surface area (Å²) < 4.78 is 0. The van der Waals surface area contributed by atoms with Gasteiger partial charge in [0, 0.05) is 23.5 Å². The number of amides is 1. The first-order valence-corrected chi connectivity index (χ1v) is 8.11. The number of fused-ring (bicyclic) bond motifs is 1. The van der Waals surface area contributed by atoms with Gasteiger partial charge in [0.15, 0.2) is 0 Å². The van der Waals surface area contributed by atoms with Gasteiger partial charge in [0.1, 0.15) is 0 Å². The third-order valence-electron chi connectivity index (χ3n) is 4.40. The highest BCUT2D eigenvalue weighted by molar-refractivity contribution is 5.83. The minimum Gasteiger partial charge on any atom is -0.394 e. The van der Waals surface area contributed by atoms with Gasteiger partial charge < -0.3 is 15.4 Å². The molecule has 1 aromatic carbocycles. The number of carbonyl (C=O) groups excluding carboxylic acids is 1. The van der Waals surface area contributed by atoms with Crippen LogP contribution in [0.5, 0.6) is 0 Å². The maximum atomic E-state index is 12.0. The Balaban J connectivity index is 1.82. The summed E-state index contributed by atoms with van der Waals surface area (Å²) in [6, 6.07) is 8.07. The summed E-state index contributed by atoms with van der Waals surface area (Å²) in [5.74, 6) is 0.321. The SMILES string of the molecule is CC[C@H](C)[C@@H](CO)NC(=O)CCCc1c[nH]c2ccccc12. The summed E-state index contributed by atoms with van der Waals surface area (Å²) >= 11 is 0. The molecule has 1 heterocycles. The van der Waals surface area contributed by atoms with Crippen molar-refractivity contribution >= 4 is 16.8 Å². The van der Waals surface area contributed by atoms with Crippen molar-refractivity contribution in [1.82, 2.24) is 10.3 Å². The molecule has 0 radical (unpaired) electrons. The van der Waals surface area contributed by atoms with Gasteiger partial charge in [-0.15, -0.1) is 0 Å². The molecule has 2 rings (SSSR count). The van der Waals surface area contributed by atoms with Gasteiger partial charge in [0.25, 0.3) is 0 Å². The Labute approximate surface area is 131 Å². The molecule has 0 saturated carbocycles. The Morgan fingerprint density at radius 1 is 1.36 bits per heavy atom. The van der Waals surface area contributed by atoms with Crippen molar-refractivity contribution in [3.63, 3.8) is 0 Å². The number of carbonyl (C=O) groups is 1. The number of nitrogens with one attached hydrogen (secondary N) is 2. The van der Waals surface area contributed by atoms with E-state index in [9.17, 15) is 9.90 Å². The number of aromatic nitrogens is 1. The first-order chi connectivity index (χ1) is 10.7. The van der Waals surface area contributed by atoms with Crippen LogP contribution in [0.2, 0.25) is 0 Å². The van der Waals surface area contributed by atoms with E-state index in [1.165, 1.54) is 10.9 Å². The summed E-state index contributed by atoms with van der Waals surface area (Å²) in [7, 11) is 0. The number of H-pyrrole nitrogens is 1. The molecule has 1 amide bonds. The zero-order chi connectivity index (χ0) is 15.9. The molecule has 2 atom stereocenters. The molecular formula is C18H26N2O2. The number of aryl methyl sites for hydroxylation is 1. The maximum Gasteiger partial charge on any atom is 0.220 e. The van der Waals surface area contributed by atoms with Crippen molar-refractivity contribution in [3.05, 3.63) is 36.0 Å². The lowest BCUT2D eigenvalue weighted by molar-refractivity contribution is -0.122. The molecule has 0 fully saturated rings. The second kappa shape index (κ2) is 7.99. The number of rotatable bonds is 8. The van der Waals surface area contributed by atoms with Crippen LogP contribution in [-0.4, -0.2) is 28.6 Å². The second-order valence-corrected chi connectivity index (χ2v) is 5.96. The smallest absolute Gasteiger partial charge is 0.220 e. The van der Waals surface area contributed by atoms with Crippen LogP contribution in [0.4, 0.5) is 0 Å². The fourth-order valence-electron chi connectivity index (χ4n) is 2.71. The van der Waals surface area contributed by atoms with Gasteiger partial charge in [0.2, 0.25) is 5.91 Å². The van der Waals surface area contributed by atoms with Crippen LogP contribution in [0.25, 0.3) is 10.9 Å². The standard InChI is InChI=1S/C18H26N2O2/c1-3-13(2)17(12-21)20-18(22)10-6-7-14-11-19-16-9-5-4-8-15(14)16/h4-5,8-9,11,13,17,19,21H,3,6-7,10,12H2,1-2H3,(H,20,22)/t13-,17+/m0/s1. The van der Waals surface area contributed by atoms with Gasteiger partial charge in [-0.3, -0.25) is 4.79 Å². The number of hydrogen-bond acceptors (Lipinski definition) is 2. The number of benzene rings is 1. The molecule has 1 aromatic heterocycles. The molecule has 120 valence electrons. The summed E-state index contributed by atoms with van der Waals surface area (Å²) in [5, 5.41) is 13.5. The molecule has 0 spiro atoms. The predicted molar refractivity (Wildman–Crippen MR) is 89.7 cm³/mol. The number of aromatic amines is 1. The van der Waals surface area contributed by atoms with Crippen LogP contribution in [0.3, 0.4) is 0 Å². The minimum atomic E-state index is -0.134. The van der Waals surface area contributed by atoms with Crippen molar-refractivity contribution in [2.45, 2.75) is 45.6 Å². The Morgan fingerprint density at radius 3 is 2.86 bits per heavy atom. The molecule has 0 saturated heterocycles. The van der Waals surface area contributed by atoms with Crippen molar-refractivity contribution in [2.24, 2.45) is 5.92 Å². The lowest BCUT2D eigenvalue weighted by Gasteiger charge is -2.22. The third kappa shape index (κ3) is 4.10. The molecule has 3 N–H and O–H groups in total. The highest BCUT2D eigenvalue weighted by Gasteiger charge is 2.17. The zero-order valence-corrected chi connectivity index (χ0v) is 13.4. The van der Waals surface area contributed by atoms with Crippen molar-refractivity contribution in [3.8, 4) is 0 Å². The fourth-order valence-corrected chi connectivity index (χ4v) is 2.71. The zero-order valence-electron chi connectivity index (χ0n) is 13.4. The monoisotopic (exact) mass is 302 g/mol. The van der Waals surface area contributed by atoms with E-state index in [2.05, 4.69) is 29.4 Å². The van der Waals surface area contributed by atoms with E-state index in [1.54, 1.807) is 0 Å². The van der Waals surface area contributed by atoms with Crippen LogP contribution in [0.1, 0.15) is 38.7 Å². The first-order valence-electron chi connectivity index (χ1n) is 8.11. The molecule has 4 nitrogen and oxygen atoms in total. The number of para-hydroxylation sites is 1. The van der Waals surface area contributed by atoms with E-state index in [4.69, 9.17) is 0 Å². The van der Waals surface area contributed by atoms with Crippen LogP contribution in [-0.2, 0) is 11.2 Å². The van der Waals surface area contributed by atoms with E-state index < -0.39 is 0 Å². The van der Waals surface area contributed by atoms with E-state index in [1.807, 2.05) is 25.3 Å². The van der Waals surface area contributed by atoms with Gasteiger partial charge in [-0.1, -0.05) is 38.5 Å². The van der Waals surface area contributed by atoms with Crippen LogP contribution in [0, 0.1) is 5.92 Å².